The fourth-order valence-corrected chi connectivity index (χ4v) is 3.69. The molecule has 7 heteroatoms. The maximum Gasteiger partial charge on any atom is 0.255 e. The van der Waals surface area contributed by atoms with Crippen molar-refractivity contribution < 1.29 is 13.6 Å². The van der Waals surface area contributed by atoms with Gasteiger partial charge in [0.25, 0.3) is 5.56 Å². The molecule has 0 aliphatic heterocycles. The number of rotatable bonds is 4. The van der Waals surface area contributed by atoms with Crippen LogP contribution in [0.25, 0.3) is 5.69 Å². The third-order valence-electron chi connectivity index (χ3n) is 4.86. The molecular weight excluding hydrogens is 446 g/mol. The van der Waals surface area contributed by atoms with Crippen LogP contribution in [0.4, 0.5) is 8.78 Å². The summed E-state index contributed by atoms with van der Waals surface area (Å²) in [4.78, 5) is 28.7. The Bertz CT molecular complexity index is 1290. The first-order valence-electron chi connectivity index (χ1n) is 10.1. The van der Waals surface area contributed by atoms with Crippen molar-refractivity contribution in [2.24, 2.45) is 0 Å². The minimum Gasteiger partial charge on any atom is -0.294 e. The molecule has 0 amide bonds. The van der Waals surface area contributed by atoms with Crippen molar-refractivity contribution in [2.75, 3.05) is 0 Å². The average Bonchev–Trinajstić information content (AvgIpc) is 2.78. The maximum absolute atomic E-state index is 13.8. The lowest BCUT2D eigenvalue weighted by Gasteiger charge is -2.14. The second-order valence-electron chi connectivity index (χ2n) is 7.37. The van der Waals surface area contributed by atoms with Gasteiger partial charge in [0, 0.05) is 47.7 Å². The lowest BCUT2D eigenvalue weighted by Crippen LogP contribution is -2.20. The second kappa shape index (κ2) is 10.8. The standard InChI is InChI=1S/C21H16ClF2NO2.C5H5N/c1-12-7-16(22)8-13(2)21(12)25-11-15(4-6-20(25)27)19(26)9-14-3-5-17(23)10-18(14)24;1-2-4-6-5-3-1/h3-8,10-11H,9H2,1-2H3;1-5H. The van der Waals surface area contributed by atoms with E-state index in [1.807, 2.05) is 32.0 Å². The van der Waals surface area contributed by atoms with E-state index in [2.05, 4.69) is 4.98 Å². The van der Waals surface area contributed by atoms with Gasteiger partial charge in [-0.15, -0.1) is 0 Å². The number of aryl methyl sites for hydroxylation is 2. The summed E-state index contributed by atoms with van der Waals surface area (Å²) < 4.78 is 28.2. The van der Waals surface area contributed by atoms with E-state index >= 15 is 0 Å². The van der Waals surface area contributed by atoms with Crippen molar-refractivity contribution in [3.63, 3.8) is 0 Å². The highest BCUT2D eigenvalue weighted by Crippen LogP contribution is 2.23. The molecule has 0 aliphatic rings. The number of carbonyl (C=O) groups is 1. The van der Waals surface area contributed by atoms with Gasteiger partial charge in [0.05, 0.1) is 5.69 Å². The molecule has 0 spiro atoms. The lowest BCUT2D eigenvalue weighted by molar-refractivity contribution is 0.0991. The van der Waals surface area contributed by atoms with Crippen LogP contribution < -0.4 is 5.56 Å². The molecule has 33 heavy (non-hydrogen) atoms. The number of hydrogen-bond donors (Lipinski definition) is 0. The first-order chi connectivity index (χ1) is 15.8. The zero-order valence-corrected chi connectivity index (χ0v) is 18.8. The molecule has 0 unspecified atom stereocenters. The summed E-state index contributed by atoms with van der Waals surface area (Å²) in [5.74, 6) is -1.86. The van der Waals surface area contributed by atoms with Gasteiger partial charge in [0.15, 0.2) is 5.78 Å². The predicted molar refractivity (Wildman–Crippen MR) is 125 cm³/mol. The van der Waals surface area contributed by atoms with E-state index in [1.54, 1.807) is 24.5 Å². The Labute approximate surface area is 195 Å². The van der Waals surface area contributed by atoms with Gasteiger partial charge >= 0.3 is 0 Å². The number of aromatic nitrogens is 2. The van der Waals surface area contributed by atoms with Gasteiger partial charge < -0.3 is 0 Å². The number of benzene rings is 2. The van der Waals surface area contributed by atoms with E-state index in [-0.39, 0.29) is 28.9 Å². The fraction of sp³-hybridized carbons (Fsp3) is 0.115. The monoisotopic (exact) mass is 466 g/mol. The van der Waals surface area contributed by atoms with Gasteiger partial charge in [-0.3, -0.25) is 19.1 Å². The molecule has 0 saturated carbocycles. The van der Waals surface area contributed by atoms with E-state index in [0.717, 1.165) is 23.3 Å². The largest absolute Gasteiger partial charge is 0.294 e. The van der Waals surface area contributed by atoms with Crippen molar-refractivity contribution in [1.82, 2.24) is 9.55 Å². The molecule has 4 rings (SSSR count). The fourth-order valence-electron chi connectivity index (χ4n) is 3.36. The number of hydrogen-bond acceptors (Lipinski definition) is 3. The molecule has 0 radical (unpaired) electrons. The van der Waals surface area contributed by atoms with Crippen LogP contribution in [-0.2, 0) is 6.42 Å². The molecule has 4 nitrogen and oxygen atoms in total. The van der Waals surface area contributed by atoms with E-state index < -0.39 is 11.6 Å². The highest BCUT2D eigenvalue weighted by molar-refractivity contribution is 6.30. The normalized spacial score (nSPS) is 10.3. The van der Waals surface area contributed by atoms with Gasteiger partial charge in [-0.1, -0.05) is 23.7 Å². The van der Waals surface area contributed by atoms with Crippen molar-refractivity contribution in [3.05, 3.63) is 129 Å². The van der Waals surface area contributed by atoms with Crippen LogP contribution in [0.5, 0.6) is 0 Å². The molecule has 2 aromatic heterocycles. The van der Waals surface area contributed by atoms with Gasteiger partial charge in [-0.25, -0.2) is 8.78 Å². The molecule has 0 N–H and O–H groups in total. The summed E-state index contributed by atoms with van der Waals surface area (Å²) >= 11 is 6.04. The first kappa shape index (κ1) is 24.0. The van der Waals surface area contributed by atoms with Crippen LogP contribution in [0.2, 0.25) is 5.02 Å². The van der Waals surface area contributed by atoms with E-state index in [0.29, 0.717) is 10.7 Å². The maximum atomic E-state index is 13.8. The smallest absolute Gasteiger partial charge is 0.255 e. The van der Waals surface area contributed by atoms with Crippen molar-refractivity contribution in [1.29, 1.82) is 0 Å². The number of carbonyl (C=O) groups excluding carboxylic acids is 1. The van der Waals surface area contributed by atoms with E-state index in [1.165, 1.54) is 29.0 Å². The second-order valence-corrected chi connectivity index (χ2v) is 7.81. The zero-order chi connectivity index (χ0) is 24.0. The lowest BCUT2D eigenvalue weighted by atomic mass is 10.0. The van der Waals surface area contributed by atoms with E-state index in [4.69, 9.17) is 11.6 Å². The zero-order valence-electron chi connectivity index (χ0n) is 18.1. The van der Waals surface area contributed by atoms with Crippen LogP contribution in [0, 0.1) is 25.5 Å². The van der Waals surface area contributed by atoms with Crippen LogP contribution in [0.15, 0.2) is 84.0 Å². The number of pyridine rings is 2. The summed E-state index contributed by atoms with van der Waals surface area (Å²) in [7, 11) is 0. The highest BCUT2D eigenvalue weighted by atomic mass is 35.5. The summed E-state index contributed by atoms with van der Waals surface area (Å²) in [6.07, 6.45) is 4.71. The Morgan fingerprint density at radius 2 is 1.64 bits per heavy atom. The number of nitrogens with zero attached hydrogens (tertiary/aromatic N) is 2. The molecule has 168 valence electrons. The van der Waals surface area contributed by atoms with Gasteiger partial charge in [0.2, 0.25) is 0 Å². The van der Waals surface area contributed by atoms with Crippen molar-refractivity contribution in [3.8, 4) is 5.69 Å². The Morgan fingerprint density at radius 1 is 0.970 bits per heavy atom. The SMILES string of the molecule is Cc1cc(Cl)cc(C)c1-n1cc(C(=O)Cc2ccc(F)cc2F)ccc1=O.c1ccncc1. The Kier molecular flexibility index (Phi) is 7.85. The molecule has 0 saturated heterocycles. The molecule has 0 fully saturated rings. The molecule has 2 aromatic carbocycles. The van der Waals surface area contributed by atoms with Gasteiger partial charge in [-0.05, 0) is 66.9 Å². The first-order valence-corrected chi connectivity index (χ1v) is 10.5. The van der Waals surface area contributed by atoms with Crippen LogP contribution in [-0.4, -0.2) is 15.3 Å². The summed E-state index contributed by atoms with van der Waals surface area (Å²) in [5, 5.41) is 0.556. The predicted octanol–water partition coefficient (Wildman–Crippen LogP) is 5.89. The highest BCUT2D eigenvalue weighted by Gasteiger charge is 2.15. The number of Topliss-reactive ketones (excluding diaryl/α,β-unsaturated/α-hetero) is 1. The minimum atomic E-state index is -0.777. The van der Waals surface area contributed by atoms with E-state index in [9.17, 15) is 18.4 Å². The molecule has 4 aromatic rings. The minimum absolute atomic E-state index is 0.0954. The number of ketones is 1. The topological polar surface area (TPSA) is 52.0 Å². The quantitative estimate of drug-likeness (QED) is 0.352. The average molecular weight is 467 g/mol. The van der Waals surface area contributed by atoms with Crippen LogP contribution >= 0.6 is 11.6 Å². The summed E-state index contributed by atoms with van der Waals surface area (Å²) in [6.45, 7) is 3.64. The Balaban J connectivity index is 0.000000442. The van der Waals surface area contributed by atoms with Gasteiger partial charge in [-0.2, -0.15) is 0 Å². The molecule has 0 bridgehead atoms. The molecule has 0 aliphatic carbocycles. The van der Waals surface area contributed by atoms with Gasteiger partial charge in [0.1, 0.15) is 11.6 Å². The molecular formula is C26H21ClF2N2O2. The molecule has 2 heterocycles. The van der Waals surface area contributed by atoms with Crippen LogP contribution in [0.1, 0.15) is 27.0 Å². The number of halogens is 3. The van der Waals surface area contributed by atoms with Crippen molar-refractivity contribution >= 4 is 17.4 Å². The summed E-state index contributed by atoms with van der Waals surface area (Å²) in [5.41, 5.74) is 2.28. The molecule has 0 atom stereocenters. The Hall–Kier alpha value is -3.64. The van der Waals surface area contributed by atoms with Crippen molar-refractivity contribution in [2.45, 2.75) is 20.3 Å². The third kappa shape index (κ3) is 6.20. The van der Waals surface area contributed by atoms with Crippen LogP contribution in [0.3, 0.4) is 0 Å². The third-order valence-corrected chi connectivity index (χ3v) is 5.08. The Morgan fingerprint density at radius 3 is 2.18 bits per heavy atom. The summed E-state index contributed by atoms with van der Waals surface area (Å²) in [6, 6.07) is 15.0.